The van der Waals surface area contributed by atoms with Crippen molar-refractivity contribution < 1.29 is 19.1 Å². The molecule has 1 heterocycles. The zero-order chi connectivity index (χ0) is 20.8. The van der Waals surface area contributed by atoms with Crippen molar-refractivity contribution in [1.82, 2.24) is 15.2 Å². The van der Waals surface area contributed by atoms with Gasteiger partial charge in [0.25, 0.3) is 5.91 Å². The van der Waals surface area contributed by atoms with Gasteiger partial charge in [0, 0.05) is 25.2 Å². The number of ether oxygens (including phenoxy) is 1. The van der Waals surface area contributed by atoms with Gasteiger partial charge < -0.3 is 19.9 Å². The highest BCUT2D eigenvalue weighted by Gasteiger charge is 2.31. The Morgan fingerprint density at radius 3 is 2.31 bits per heavy atom. The Balaban J connectivity index is 1.54. The van der Waals surface area contributed by atoms with Gasteiger partial charge in [0.15, 0.2) is 6.04 Å². The van der Waals surface area contributed by atoms with E-state index in [1.165, 1.54) is 7.11 Å². The van der Waals surface area contributed by atoms with Crippen molar-refractivity contribution >= 4 is 17.8 Å². The van der Waals surface area contributed by atoms with Crippen LogP contribution in [0.3, 0.4) is 0 Å². The van der Waals surface area contributed by atoms with Gasteiger partial charge in [-0.3, -0.25) is 9.59 Å². The van der Waals surface area contributed by atoms with Gasteiger partial charge in [0.05, 0.1) is 7.11 Å². The van der Waals surface area contributed by atoms with E-state index in [1.807, 2.05) is 37.5 Å². The van der Waals surface area contributed by atoms with Crippen molar-refractivity contribution in [2.45, 2.75) is 37.8 Å². The maximum absolute atomic E-state index is 12.8. The van der Waals surface area contributed by atoms with Crippen LogP contribution in [0, 0.1) is 5.92 Å². The molecule has 0 unspecified atom stereocenters. The fourth-order valence-electron chi connectivity index (χ4n) is 3.76. The lowest BCUT2D eigenvalue weighted by molar-refractivity contribution is -0.146. The van der Waals surface area contributed by atoms with Crippen LogP contribution in [0.15, 0.2) is 48.7 Å². The summed E-state index contributed by atoms with van der Waals surface area (Å²) >= 11 is 0. The minimum absolute atomic E-state index is 0.0481. The third-order valence-electron chi connectivity index (χ3n) is 5.47. The highest BCUT2D eigenvalue weighted by Crippen LogP contribution is 2.26. The van der Waals surface area contributed by atoms with E-state index in [-0.39, 0.29) is 23.8 Å². The molecule has 1 atom stereocenters. The minimum atomic E-state index is -0.816. The molecule has 0 spiro atoms. The molecule has 1 aliphatic carbocycles. The van der Waals surface area contributed by atoms with Crippen LogP contribution in [0.4, 0.5) is 0 Å². The smallest absolute Gasteiger partial charge is 0.333 e. The second-order valence-corrected chi connectivity index (χ2v) is 7.40. The summed E-state index contributed by atoms with van der Waals surface area (Å²) in [6, 6.07) is 11.9. The molecule has 1 saturated carbocycles. The maximum atomic E-state index is 12.8. The van der Waals surface area contributed by atoms with Crippen LogP contribution < -0.4 is 10.6 Å². The van der Waals surface area contributed by atoms with Crippen molar-refractivity contribution in [3.05, 3.63) is 59.9 Å². The van der Waals surface area contributed by atoms with Crippen LogP contribution in [-0.2, 0) is 21.4 Å². The Morgan fingerprint density at radius 2 is 1.72 bits per heavy atom. The number of methoxy groups -OCH3 is 1. The summed E-state index contributed by atoms with van der Waals surface area (Å²) in [5, 5.41) is 5.88. The number of rotatable bonds is 6. The quantitative estimate of drug-likeness (QED) is 0.732. The second kappa shape index (κ2) is 9.41. The van der Waals surface area contributed by atoms with E-state index in [1.54, 1.807) is 22.8 Å². The largest absolute Gasteiger partial charge is 0.467 e. The molecule has 7 heteroatoms. The Bertz CT molecular complexity index is 854. The average molecular weight is 397 g/mol. The van der Waals surface area contributed by atoms with Gasteiger partial charge in [-0.05, 0) is 43.4 Å². The van der Waals surface area contributed by atoms with Gasteiger partial charge in [-0.2, -0.15) is 0 Å². The summed E-state index contributed by atoms with van der Waals surface area (Å²) < 4.78 is 6.64. The lowest BCUT2D eigenvalue weighted by Gasteiger charge is -2.29. The number of nitrogens with zero attached hydrogens (tertiary/aromatic N) is 1. The van der Waals surface area contributed by atoms with Crippen LogP contribution in [0.25, 0.3) is 0 Å². The van der Waals surface area contributed by atoms with E-state index in [0.717, 1.165) is 12.8 Å². The predicted octanol–water partition coefficient (Wildman–Crippen LogP) is 2.34. The van der Waals surface area contributed by atoms with Gasteiger partial charge in [-0.25, -0.2) is 4.79 Å². The van der Waals surface area contributed by atoms with Crippen molar-refractivity contribution in [3.63, 3.8) is 0 Å². The number of aryl methyl sites for hydroxylation is 1. The molecule has 1 aliphatic rings. The monoisotopic (exact) mass is 397 g/mol. The first kappa shape index (κ1) is 20.6. The first-order chi connectivity index (χ1) is 14.0. The van der Waals surface area contributed by atoms with Gasteiger partial charge >= 0.3 is 5.97 Å². The molecule has 7 nitrogen and oxygen atoms in total. The van der Waals surface area contributed by atoms with E-state index >= 15 is 0 Å². The van der Waals surface area contributed by atoms with Crippen molar-refractivity contribution in [3.8, 4) is 0 Å². The first-order valence-electron chi connectivity index (χ1n) is 9.85. The molecular formula is C22H27N3O4. The molecule has 0 bridgehead atoms. The second-order valence-electron chi connectivity index (χ2n) is 7.40. The molecule has 2 amide bonds. The Morgan fingerprint density at radius 1 is 1.03 bits per heavy atom. The third kappa shape index (κ3) is 5.04. The average Bonchev–Trinajstić information content (AvgIpc) is 3.18. The van der Waals surface area contributed by atoms with Crippen LogP contribution in [0.1, 0.15) is 47.8 Å². The van der Waals surface area contributed by atoms with Crippen LogP contribution >= 0.6 is 0 Å². The zero-order valence-electron chi connectivity index (χ0n) is 16.8. The Kier molecular flexibility index (Phi) is 6.69. The van der Waals surface area contributed by atoms with Crippen LogP contribution in [0.5, 0.6) is 0 Å². The number of benzene rings is 1. The molecule has 1 aromatic carbocycles. The number of hydrogen-bond acceptors (Lipinski definition) is 4. The zero-order valence-corrected chi connectivity index (χ0v) is 16.8. The highest BCUT2D eigenvalue weighted by molar-refractivity contribution is 5.93. The lowest BCUT2D eigenvalue weighted by Crippen LogP contribution is -2.43. The third-order valence-corrected chi connectivity index (χ3v) is 5.47. The van der Waals surface area contributed by atoms with Gasteiger partial charge in [-0.15, -0.1) is 0 Å². The van der Waals surface area contributed by atoms with Crippen LogP contribution in [0.2, 0.25) is 0 Å². The number of carbonyl (C=O) groups excluding carboxylic acids is 3. The molecule has 0 aliphatic heterocycles. The van der Waals surface area contributed by atoms with Crippen molar-refractivity contribution in [2.75, 3.05) is 7.11 Å². The lowest BCUT2D eigenvalue weighted by atomic mass is 9.85. The highest BCUT2D eigenvalue weighted by atomic mass is 16.5. The molecule has 29 heavy (non-hydrogen) atoms. The summed E-state index contributed by atoms with van der Waals surface area (Å²) in [6.07, 6.45) is 4.60. The summed E-state index contributed by atoms with van der Waals surface area (Å²) in [5.74, 6) is -0.932. The molecular weight excluding hydrogens is 370 g/mol. The Labute approximate surface area is 170 Å². The molecule has 2 N–H and O–H groups in total. The van der Waals surface area contributed by atoms with E-state index in [2.05, 4.69) is 10.6 Å². The SMILES string of the molecule is COC(=O)[C@@H](NC(=O)C1CCC(NC(=O)c2cccn2C)CC1)c1ccccc1. The summed E-state index contributed by atoms with van der Waals surface area (Å²) in [7, 11) is 3.14. The fraction of sp³-hybridized carbons (Fsp3) is 0.409. The standard InChI is InChI=1S/C22H27N3O4/c1-25-14-6-9-18(25)21(27)23-17-12-10-16(11-13-17)20(26)24-19(22(28)29-2)15-7-4-3-5-8-15/h3-9,14,16-17,19H,10-13H2,1-2H3,(H,23,27)(H,24,26)/t16?,17?,19-/m0/s1. The van der Waals surface area contributed by atoms with Crippen molar-refractivity contribution in [1.29, 1.82) is 0 Å². The molecule has 0 saturated heterocycles. The number of aromatic nitrogens is 1. The fourth-order valence-corrected chi connectivity index (χ4v) is 3.76. The number of hydrogen-bond donors (Lipinski definition) is 2. The molecule has 3 rings (SSSR count). The van der Waals surface area contributed by atoms with E-state index in [0.29, 0.717) is 24.1 Å². The minimum Gasteiger partial charge on any atom is -0.467 e. The molecule has 2 aromatic rings. The van der Waals surface area contributed by atoms with E-state index in [9.17, 15) is 14.4 Å². The topological polar surface area (TPSA) is 89.4 Å². The van der Waals surface area contributed by atoms with Crippen LogP contribution in [-0.4, -0.2) is 35.5 Å². The number of amides is 2. The van der Waals surface area contributed by atoms with E-state index in [4.69, 9.17) is 4.74 Å². The van der Waals surface area contributed by atoms with Crippen molar-refractivity contribution in [2.24, 2.45) is 13.0 Å². The molecule has 154 valence electrons. The maximum Gasteiger partial charge on any atom is 0.333 e. The number of carbonyl (C=O) groups is 3. The summed E-state index contributed by atoms with van der Waals surface area (Å²) in [6.45, 7) is 0. The summed E-state index contributed by atoms with van der Waals surface area (Å²) in [5.41, 5.74) is 1.31. The number of esters is 1. The predicted molar refractivity (Wildman–Crippen MR) is 108 cm³/mol. The first-order valence-corrected chi connectivity index (χ1v) is 9.85. The number of nitrogens with one attached hydrogen (secondary N) is 2. The normalized spacial score (nSPS) is 19.8. The molecule has 0 radical (unpaired) electrons. The van der Waals surface area contributed by atoms with Gasteiger partial charge in [0.2, 0.25) is 5.91 Å². The van der Waals surface area contributed by atoms with Gasteiger partial charge in [-0.1, -0.05) is 30.3 Å². The molecule has 1 aromatic heterocycles. The molecule has 1 fully saturated rings. The van der Waals surface area contributed by atoms with E-state index < -0.39 is 12.0 Å². The summed E-state index contributed by atoms with van der Waals surface area (Å²) in [4.78, 5) is 37.3. The Hall–Kier alpha value is -3.09. The van der Waals surface area contributed by atoms with Gasteiger partial charge in [0.1, 0.15) is 5.69 Å².